The first-order chi connectivity index (χ1) is 11.7. The molecular weight excluding hydrogens is 298 g/mol. The number of rotatable bonds is 3. The van der Waals surface area contributed by atoms with Crippen molar-refractivity contribution in [1.82, 2.24) is 4.90 Å². The number of nitrogens with zero attached hydrogens (tertiary/aromatic N) is 1. The lowest BCUT2D eigenvalue weighted by Crippen LogP contribution is -2.32. The Morgan fingerprint density at radius 2 is 1.88 bits per heavy atom. The van der Waals surface area contributed by atoms with Crippen LogP contribution in [-0.4, -0.2) is 29.1 Å². The Balaban J connectivity index is 1.52. The van der Waals surface area contributed by atoms with Crippen LogP contribution in [0.15, 0.2) is 18.2 Å². The molecule has 2 aliphatic carbocycles. The van der Waals surface area contributed by atoms with Gasteiger partial charge in [0.05, 0.1) is 5.92 Å². The van der Waals surface area contributed by atoms with Crippen molar-refractivity contribution in [3.63, 3.8) is 0 Å². The number of aryl methyl sites for hydroxylation is 1. The summed E-state index contributed by atoms with van der Waals surface area (Å²) < 4.78 is 0. The van der Waals surface area contributed by atoms with Gasteiger partial charge in [-0.05, 0) is 86.6 Å². The van der Waals surface area contributed by atoms with E-state index in [1.165, 1.54) is 56.3 Å². The van der Waals surface area contributed by atoms with Gasteiger partial charge in [0, 0.05) is 6.54 Å². The smallest absolute Gasteiger partial charge is 0.306 e. The van der Waals surface area contributed by atoms with Gasteiger partial charge in [0.15, 0.2) is 0 Å². The Morgan fingerprint density at radius 3 is 2.58 bits per heavy atom. The summed E-state index contributed by atoms with van der Waals surface area (Å²) in [5.74, 6) is -0.710. The number of carboxylic acid groups (broad SMARTS) is 1. The Hall–Kier alpha value is -1.35. The average Bonchev–Trinajstić information content (AvgIpc) is 2.94. The first-order valence-electron chi connectivity index (χ1n) is 9.74. The maximum absolute atomic E-state index is 11.3. The van der Waals surface area contributed by atoms with Crippen molar-refractivity contribution in [1.29, 1.82) is 0 Å². The van der Waals surface area contributed by atoms with E-state index in [0.29, 0.717) is 0 Å². The highest BCUT2D eigenvalue weighted by molar-refractivity contribution is 5.70. The van der Waals surface area contributed by atoms with Gasteiger partial charge in [-0.15, -0.1) is 0 Å². The van der Waals surface area contributed by atoms with Gasteiger partial charge < -0.3 is 5.11 Å². The molecular formula is C21H29NO2. The van der Waals surface area contributed by atoms with Crippen LogP contribution < -0.4 is 0 Å². The zero-order valence-electron chi connectivity index (χ0n) is 14.6. The number of fused-ring (bicyclic) bond motifs is 2. The fourth-order valence-electron chi connectivity index (χ4n) is 5.25. The van der Waals surface area contributed by atoms with Gasteiger partial charge in [0.1, 0.15) is 0 Å². The Morgan fingerprint density at radius 1 is 1.12 bits per heavy atom. The molecule has 0 atom stereocenters. The van der Waals surface area contributed by atoms with Gasteiger partial charge in [-0.1, -0.05) is 24.6 Å². The van der Waals surface area contributed by atoms with E-state index in [4.69, 9.17) is 0 Å². The second-order valence-corrected chi connectivity index (χ2v) is 8.22. The van der Waals surface area contributed by atoms with E-state index in [1.54, 1.807) is 5.56 Å². The fourth-order valence-corrected chi connectivity index (χ4v) is 5.25. The SMILES string of the molecule is O=C(O)C1CCC2(CCc3ccc(CN4CCCCC4)cc32)CC1. The van der Waals surface area contributed by atoms with Crippen molar-refractivity contribution in [3.8, 4) is 0 Å². The van der Waals surface area contributed by atoms with Crippen molar-refractivity contribution < 1.29 is 9.90 Å². The average molecular weight is 327 g/mol. The van der Waals surface area contributed by atoms with Crippen LogP contribution in [0.1, 0.15) is 68.1 Å². The summed E-state index contributed by atoms with van der Waals surface area (Å²) in [6.45, 7) is 3.56. The summed E-state index contributed by atoms with van der Waals surface area (Å²) in [4.78, 5) is 13.9. The number of carbonyl (C=O) groups is 1. The topological polar surface area (TPSA) is 40.5 Å². The molecule has 1 spiro atoms. The van der Waals surface area contributed by atoms with Crippen LogP contribution in [0.2, 0.25) is 0 Å². The summed E-state index contributed by atoms with van der Waals surface area (Å²) in [5.41, 5.74) is 4.81. The van der Waals surface area contributed by atoms with Crippen LogP contribution in [0, 0.1) is 5.92 Å². The first kappa shape index (κ1) is 16.1. The molecule has 0 unspecified atom stereocenters. The highest BCUT2D eigenvalue weighted by Gasteiger charge is 2.42. The van der Waals surface area contributed by atoms with E-state index in [2.05, 4.69) is 23.1 Å². The number of aliphatic carboxylic acids is 1. The second-order valence-electron chi connectivity index (χ2n) is 8.22. The van der Waals surface area contributed by atoms with Gasteiger partial charge in [0.2, 0.25) is 0 Å². The molecule has 0 aromatic heterocycles. The van der Waals surface area contributed by atoms with Crippen LogP contribution in [0.4, 0.5) is 0 Å². The molecule has 3 aliphatic rings. The minimum Gasteiger partial charge on any atom is -0.481 e. The monoisotopic (exact) mass is 327 g/mol. The molecule has 1 saturated heterocycles. The fraction of sp³-hybridized carbons (Fsp3) is 0.667. The van der Waals surface area contributed by atoms with E-state index in [0.717, 1.165) is 32.2 Å². The predicted octanol–water partition coefficient (Wildman–Crippen LogP) is 4.13. The van der Waals surface area contributed by atoms with E-state index < -0.39 is 5.97 Å². The van der Waals surface area contributed by atoms with Crippen LogP contribution >= 0.6 is 0 Å². The highest BCUT2D eigenvalue weighted by atomic mass is 16.4. The van der Waals surface area contributed by atoms with E-state index >= 15 is 0 Å². The number of benzene rings is 1. The van der Waals surface area contributed by atoms with Crippen LogP contribution in [0.3, 0.4) is 0 Å². The molecule has 0 amide bonds. The lowest BCUT2D eigenvalue weighted by molar-refractivity contribution is -0.143. The molecule has 4 rings (SSSR count). The molecule has 1 aliphatic heterocycles. The largest absolute Gasteiger partial charge is 0.481 e. The van der Waals surface area contributed by atoms with Gasteiger partial charge in [0.25, 0.3) is 0 Å². The summed E-state index contributed by atoms with van der Waals surface area (Å²) >= 11 is 0. The zero-order valence-corrected chi connectivity index (χ0v) is 14.6. The first-order valence-corrected chi connectivity index (χ1v) is 9.74. The quantitative estimate of drug-likeness (QED) is 0.907. The third-order valence-corrected chi connectivity index (χ3v) is 6.77. The molecule has 0 bridgehead atoms. The van der Waals surface area contributed by atoms with Crippen LogP contribution in [0.5, 0.6) is 0 Å². The van der Waals surface area contributed by atoms with Gasteiger partial charge in [-0.25, -0.2) is 0 Å². The molecule has 1 saturated carbocycles. The predicted molar refractivity (Wildman–Crippen MR) is 95.2 cm³/mol. The van der Waals surface area contributed by atoms with Crippen molar-refractivity contribution >= 4 is 5.97 Å². The van der Waals surface area contributed by atoms with Gasteiger partial charge in [-0.2, -0.15) is 0 Å². The molecule has 1 aromatic carbocycles. The lowest BCUT2D eigenvalue weighted by Gasteiger charge is -2.37. The number of hydrogen-bond donors (Lipinski definition) is 1. The molecule has 24 heavy (non-hydrogen) atoms. The highest BCUT2D eigenvalue weighted by Crippen LogP contribution is 2.50. The van der Waals surface area contributed by atoms with E-state index in [1.807, 2.05) is 0 Å². The lowest BCUT2D eigenvalue weighted by atomic mass is 9.67. The van der Waals surface area contributed by atoms with Crippen LogP contribution in [0.25, 0.3) is 0 Å². The molecule has 130 valence electrons. The number of likely N-dealkylation sites (tertiary alicyclic amines) is 1. The third-order valence-electron chi connectivity index (χ3n) is 6.77. The summed E-state index contributed by atoms with van der Waals surface area (Å²) in [7, 11) is 0. The zero-order chi connectivity index (χ0) is 16.6. The molecule has 3 heteroatoms. The van der Waals surface area contributed by atoms with E-state index in [-0.39, 0.29) is 11.3 Å². The molecule has 2 fully saturated rings. The standard InChI is InChI=1S/C21H29NO2/c23-20(24)18-7-10-21(11-8-18)9-6-17-5-4-16(14-19(17)21)15-22-12-2-1-3-13-22/h4-5,14,18H,1-3,6-13,15H2,(H,23,24). The van der Waals surface area contributed by atoms with Crippen molar-refractivity contribution in [3.05, 3.63) is 34.9 Å². The Bertz CT molecular complexity index is 610. The maximum atomic E-state index is 11.3. The maximum Gasteiger partial charge on any atom is 0.306 e. The number of carboxylic acids is 1. The second kappa shape index (κ2) is 6.51. The summed E-state index contributed by atoms with van der Waals surface area (Å²) in [6, 6.07) is 7.15. The third kappa shape index (κ3) is 2.99. The number of piperidine rings is 1. The minimum atomic E-state index is -0.595. The molecule has 1 aromatic rings. The Labute approximate surface area is 145 Å². The van der Waals surface area contributed by atoms with Gasteiger partial charge >= 0.3 is 5.97 Å². The summed E-state index contributed by atoms with van der Waals surface area (Å²) in [6.07, 6.45) is 10.3. The number of hydrogen-bond acceptors (Lipinski definition) is 2. The summed E-state index contributed by atoms with van der Waals surface area (Å²) in [5, 5.41) is 9.29. The van der Waals surface area contributed by atoms with Crippen molar-refractivity contribution in [2.45, 2.75) is 69.7 Å². The Kier molecular flexibility index (Phi) is 4.38. The minimum absolute atomic E-state index is 0.115. The van der Waals surface area contributed by atoms with Gasteiger partial charge in [-0.3, -0.25) is 9.69 Å². The molecule has 1 N–H and O–H groups in total. The van der Waals surface area contributed by atoms with Crippen molar-refractivity contribution in [2.24, 2.45) is 5.92 Å². The molecule has 1 heterocycles. The molecule has 3 nitrogen and oxygen atoms in total. The van der Waals surface area contributed by atoms with Crippen molar-refractivity contribution in [2.75, 3.05) is 13.1 Å². The van der Waals surface area contributed by atoms with E-state index in [9.17, 15) is 9.90 Å². The molecule has 0 radical (unpaired) electrons. The normalized spacial score (nSPS) is 30.4. The van der Waals surface area contributed by atoms with Crippen LogP contribution in [-0.2, 0) is 23.2 Å².